The van der Waals surface area contributed by atoms with Crippen LogP contribution in [0, 0.1) is 19.7 Å². The van der Waals surface area contributed by atoms with E-state index in [-0.39, 0.29) is 11.9 Å². The summed E-state index contributed by atoms with van der Waals surface area (Å²) in [5.41, 5.74) is 2.03. The van der Waals surface area contributed by atoms with Crippen molar-refractivity contribution < 1.29 is 8.81 Å². The van der Waals surface area contributed by atoms with Gasteiger partial charge in [-0.15, -0.1) is 0 Å². The Balaban J connectivity index is 2.03. The van der Waals surface area contributed by atoms with Gasteiger partial charge in [-0.1, -0.05) is 31.9 Å². The van der Waals surface area contributed by atoms with Crippen molar-refractivity contribution in [2.24, 2.45) is 0 Å². The lowest BCUT2D eigenvalue weighted by Crippen LogP contribution is -2.21. The molecule has 0 saturated carbocycles. The minimum absolute atomic E-state index is 0.193. The molecule has 1 heterocycles. The Kier molecular flexibility index (Phi) is 5.51. The van der Waals surface area contributed by atoms with E-state index >= 15 is 0 Å². The zero-order chi connectivity index (χ0) is 15.2. The third-order valence-electron chi connectivity index (χ3n) is 3.69. The van der Waals surface area contributed by atoms with Crippen LogP contribution in [0.2, 0.25) is 0 Å². The van der Waals surface area contributed by atoms with Crippen LogP contribution in [0.1, 0.15) is 55.1 Å². The lowest BCUT2D eigenvalue weighted by molar-refractivity contribution is 0.409. The highest BCUT2D eigenvalue weighted by molar-refractivity contribution is 5.20. The Bertz CT molecular complexity index is 543. The first-order chi connectivity index (χ1) is 10.1. The molecule has 0 amide bonds. The average molecular weight is 290 g/mol. The van der Waals surface area contributed by atoms with Gasteiger partial charge in [-0.2, -0.15) is 0 Å². The Morgan fingerprint density at radius 2 is 1.95 bits per heavy atom. The van der Waals surface area contributed by atoms with Gasteiger partial charge in [0.05, 0.1) is 12.2 Å². The maximum atomic E-state index is 13.1. The molecule has 1 unspecified atom stereocenters. The van der Waals surface area contributed by atoms with Gasteiger partial charge in [0, 0.05) is 6.04 Å². The van der Waals surface area contributed by atoms with E-state index < -0.39 is 0 Å². The fraction of sp³-hybridized carbons (Fsp3) is 0.471. The number of aryl methyl sites for hydroxylation is 2. The van der Waals surface area contributed by atoms with Crippen molar-refractivity contribution in [2.75, 3.05) is 0 Å². The molecule has 0 aliphatic rings. The van der Waals surface area contributed by atoms with Crippen LogP contribution in [0.3, 0.4) is 0 Å². The highest BCUT2D eigenvalue weighted by Crippen LogP contribution is 2.21. The highest BCUT2D eigenvalue weighted by Gasteiger charge is 2.13. The average Bonchev–Trinajstić information content (AvgIpc) is 2.79. The van der Waals surface area contributed by atoms with Crippen LogP contribution in [0.5, 0.6) is 0 Å². The van der Waals surface area contributed by atoms with E-state index in [0.717, 1.165) is 36.3 Å². The van der Waals surface area contributed by atoms with Crippen LogP contribution in [0.4, 0.5) is 4.39 Å². The van der Waals surface area contributed by atoms with E-state index in [2.05, 4.69) is 17.2 Å². The van der Waals surface area contributed by atoms with Gasteiger partial charge in [0.2, 0.25) is 5.89 Å². The molecule has 21 heavy (non-hydrogen) atoms. The molecule has 0 saturated heterocycles. The first kappa shape index (κ1) is 15.7. The molecule has 0 radical (unpaired) electrons. The minimum Gasteiger partial charge on any atom is -0.444 e. The predicted molar refractivity (Wildman–Crippen MR) is 81.5 cm³/mol. The van der Waals surface area contributed by atoms with Crippen molar-refractivity contribution in [3.63, 3.8) is 0 Å². The third-order valence-corrected chi connectivity index (χ3v) is 3.69. The number of nitrogens with one attached hydrogen (secondary N) is 1. The first-order valence-corrected chi connectivity index (χ1v) is 7.52. The van der Waals surface area contributed by atoms with Crippen molar-refractivity contribution in [2.45, 2.75) is 52.6 Å². The van der Waals surface area contributed by atoms with Crippen molar-refractivity contribution >= 4 is 0 Å². The van der Waals surface area contributed by atoms with Gasteiger partial charge in [0.25, 0.3) is 0 Å². The number of rotatable bonds is 7. The summed E-state index contributed by atoms with van der Waals surface area (Å²) in [5.74, 6) is 1.36. The molecule has 114 valence electrons. The van der Waals surface area contributed by atoms with Gasteiger partial charge >= 0.3 is 0 Å². The van der Waals surface area contributed by atoms with Gasteiger partial charge in [-0.25, -0.2) is 9.37 Å². The molecular formula is C17H23FN2O. The second-order valence-corrected chi connectivity index (χ2v) is 5.38. The van der Waals surface area contributed by atoms with Crippen molar-refractivity contribution in [1.29, 1.82) is 0 Å². The first-order valence-electron chi connectivity index (χ1n) is 7.52. The number of hydrogen-bond acceptors (Lipinski definition) is 3. The molecule has 0 fully saturated rings. The monoisotopic (exact) mass is 290 g/mol. The predicted octanol–water partition coefficient (Wildman–Crippen LogP) is 4.45. The molecule has 4 heteroatoms. The topological polar surface area (TPSA) is 38.1 Å². The Morgan fingerprint density at radius 3 is 2.52 bits per heavy atom. The number of oxazole rings is 1. The third kappa shape index (κ3) is 4.39. The lowest BCUT2D eigenvalue weighted by Gasteiger charge is -2.18. The number of nitrogens with zero attached hydrogens (tertiary/aromatic N) is 1. The van der Waals surface area contributed by atoms with E-state index in [4.69, 9.17) is 4.42 Å². The molecule has 0 bridgehead atoms. The van der Waals surface area contributed by atoms with Crippen LogP contribution in [-0.4, -0.2) is 4.98 Å². The fourth-order valence-corrected chi connectivity index (χ4v) is 2.32. The summed E-state index contributed by atoms with van der Waals surface area (Å²) in [7, 11) is 0. The molecule has 1 atom stereocenters. The molecule has 1 aromatic heterocycles. The van der Waals surface area contributed by atoms with E-state index in [1.54, 1.807) is 0 Å². The SMILES string of the molecule is CCCCC(NCc1nc(C)c(C)o1)c1ccc(F)cc1. The number of halogens is 1. The van der Waals surface area contributed by atoms with Crippen molar-refractivity contribution in [3.05, 3.63) is 53.0 Å². The standard InChI is InChI=1S/C17H23FN2O/c1-4-5-6-16(14-7-9-15(18)10-8-14)19-11-17-20-12(2)13(3)21-17/h7-10,16,19H,4-6,11H2,1-3H3. The van der Waals surface area contributed by atoms with Gasteiger partial charge in [-0.05, 0) is 38.0 Å². The Labute approximate surface area is 125 Å². The minimum atomic E-state index is -0.202. The molecule has 2 rings (SSSR count). The summed E-state index contributed by atoms with van der Waals surface area (Å²) in [6, 6.07) is 6.90. The molecule has 3 nitrogen and oxygen atoms in total. The molecule has 0 aliphatic carbocycles. The summed E-state index contributed by atoms with van der Waals surface area (Å²) in [6.45, 7) is 6.61. The fourth-order valence-electron chi connectivity index (χ4n) is 2.32. The summed E-state index contributed by atoms with van der Waals surface area (Å²) < 4.78 is 18.6. The smallest absolute Gasteiger partial charge is 0.208 e. The number of unbranched alkanes of at least 4 members (excludes halogenated alkanes) is 1. The normalized spacial score (nSPS) is 12.6. The summed E-state index contributed by atoms with van der Waals surface area (Å²) in [6.07, 6.45) is 3.27. The van der Waals surface area contributed by atoms with Crippen LogP contribution in [0.15, 0.2) is 28.7 Å². The molecule has 1 aromatic carbocycles. The second-order valence-electron chi connectivity index (χ2n) is 5.38. The highest BCUT2D eigenvalue weighted by atomic mass is 19.1. The van der Waals surface area contributed by atoms with E-state index in [9.17, 15) is 4.39 Å². The van der Waals surface area contributed by atoms with Gasteiger partial charge in [0.1, 0.15) is 11.6 Å². The summed E-state index contributed by atoms with van der Waals surface area (Å²) in [4.78, 5) is 4.38. The number of aromatic nitrogens is 1. The second kappa shape index (κ2) is 7.36. The molecule has 0 spiro atoms. The maximum Gasteiger partial charge on any atom is 0.208 e. The Morgan fingerprint density at radius 1 is 1.24 bits per heavy atom. The zero-order valence-electron chi connectivity index (χ0n) is 12.9. The lowest BCUT2D eigenvalue weighted by atomic mass is 10.0. The number of benzene rings is 1. The van der Waals surface area contributed by atoms with Crippen LogP contribution < -0.4 is 5.32 Å². The largest absolute Gasteiger partial charge is 0.444 e. The van der Waals surface area contributed by atoms with E-state index in [1.165, 1.54) is 12.1 Å². The van der Waals surface area contributed by atoms with Gasteiger partial charge < -0.3 is 9.73 Å². The quantitative estimate of drug-likeness (QED) is 0.818. The molecule has 2 aromatic rings. The molecule has 0 aliphatic heterocycles. The van der Waals surface area contributed by atoms with Gasteiger partial charge in [0.15, 0.2) is 0 Å². The zero-order valence-corrected chi connectivity index (χ0v) is 12.9. The van der Waals surface area contributed by atoms with Gasteiger partial charge in [-0.3, -0.25) is 0 Å². The number of hydrogen-bond donors (Lipinski definition) is 1. The van der Waals surface area contributed by atoms with E-state index in [1.807, 2.05) is 26.0 Å². The van der Waals surface area contributed by atoms with Crippen LogP contribution >= 0.6 is 0 Å². The Hall–Kier alpha value is -1.68. The summed E-state index contributed by atoms with van der Waals surface area (Å²) in [5, 5.41) is 3.47. The summed E-state index contributed by atoms with van der Waals surface area (Å²) >= 11 is 0. The van der Waals surface area contributed by atoms with Crippen molar-refractivity contribution in [3.8, 4) is 0 Å². The van der Waals surface area contributed by atoms with E-state index in [0.29, 0.717) is 12.4 Å². The molecular weight excluding hydrogens is 267 g/mol. The molecule has 1 N–H and O–H groups in total. The maximum absolute atomic E-state index is 13.1. The van der Waals surface area contributed by atoms with Crippen molar-refractivity contribution in [1.82, 2.24) is 10.3 Å². The van der Waals surface area contributed by atoms with Crippen LogP contribution in [-0.2, 0) is 6.54 Å². The van der Waals surface area contributed by atoms with Crippen LogP contribution in [0.25, 0.3) is 0 Å².